The van der Waals surface area contributed by atoms with Gasteiger partial charge in [0.1, 0.15) is 25.0 Å². The maximum Gasteiger partial charge on any atom is 0.373 e. The number of aromatic hydroxyl groups is 1. The molecule has 10 heteroatoms. The SMILES string of the molecule is COC(=Cc1ccc(O)cc1)C(=O)OCC(O)COC(OCC[N+](C)(C)C)C(=O)O. The van der Waals surface area contributed by atoms with E-state index in [0.29, 0.717) is 16.6 Å². The smallest absolute Gasteiger partial charge is 0.373 e. The van der Waals surface area contributed by atoms with Crippen LogP contribution in [0, 0.1) is 0 Å². The molecule has 0 bridgehead atoms. The Morgan fingerprint density at radius 2 is 1.73 bits per heavy atom. The number of benzene rings is 1. The number of hydrogen-bond donors (Lipinski definition) is 3. The molecule has 0 radical (unpaired) electrons. The molecule has 3 N–H and O–H groups in total. The number of phenolic OH excluding ortho intramolecular Hbond substituents is 1. The van der Waals surface area contributed by atoms with Gasteiger partial charge in [0, 0.05) is 0 Å². The van der Waals surface area contributed by atoms with E-state index in [1.165, 1.54) is 25.3 Å². The third kappa shape index (κ3) is 10.2. The van der Waals surface area contributed by atoms with E-state index < -0.39 is 37.5 Å². The Morgan fingerprint density at radius 1 is 1.10 bits per heavy atom. The zero-order chi connectivity index (χ0) is 22.7. The van der Waals surface area contributed by atoms with Crippen LogP contribution in [0.15, 0.2) is 30.0 Å². The lowest BCUT2D eigenvalue weighted by Gasteiger charge is -2.24. The minimum atomic E-state index is -1.54. The molecule has 0 amide bonds. The number of aliphatic carboxylic acids is 1. The highest BCUT2D eigenvalue weighted by Crippen LogP contribution is 2.14. The fourth-order valence-electron chi connectivity index (χ4n) is 2.04. The number of aliphatic hydroxyl groups excluding tert-OH is 1. The second kappa shape index (κ2) is 12.1. The molecular formula is C20H30NO9+. The van der Waals surface area contributed by atoms with E-state index in [1.807, 2.05) is 21.1 Å². The Kier molecular flexibility index (Phi) is 10.3. The molecule has 1 aromatic carbocycles. The van der Waals surface area contributed by atoms with E-state index in [2.05, 4.69) is 0 Å². The van der Waals surface area contributed by atoms with Gasteiger partial charge >= 0.3 is 11.9 Å². The second-order valence-electron chi connectivity index (χ2n) is 7.44. The van der Waals surface area contributed by atoms with Crippen molar-refractivity contribution in [3.63, 3.8) is 0 Å². The molecule has 0 saturated heterocycles. The lowest BCUT2D eigenvalue weighted by atomic mass is 10.2. The molecule has 0 aliphatic rings. The Morgan fingerprint density at radius 3 is 2.27 bits per heavy atom. The summed E-state index contributed by atoms with van der Waals surface area (Å²) in [5.74, 6) is -2.17. The Labute approximate surface area is 175 Å². The van der Waals surface area contributed by atoms with Crippen molar-refractivity contribution >= 4 is 18.0 Å². The van der Waals surface area contributed by atoms with Crippen molar-refractivity contribution in [3.05, 3.63) is 35.6 Å². The Bertz CT molecular complexity index is 710. The summed E-state index contributed by atoms with van der Waals surface area (Å²) in [5.41, 5.74) is 0.598. The molecule has 0 saturated carbocycles. The van der Waals surface area contributed by atoms with Crippen LogP contribution in [-0.2, 0) is 28.5 Å². The van der Waals surface area contributed by atoms with Gasteiger partial charge in [-0.1, -0.05) is 12.1 Å². The van der Waals surface area contributed by atoms with Crippen LogP contribution >= 0.6 is 0 Å². The van der Waals surface area contributed by atoms with Crippen molar-refractivity contribution in [1.82, 2.24) is 0 Å². The minimum Gasteiger partial charge on any atom is -0.508 e. The summed E-state index contributed by atoms with van der Waals surface area (Å²) in [4.78, 5) is 23.3. The van der Waals surface area contributed by atoms with Crippen LogP contribution in [0.4, 0.5) is 0 Å². The third-order valence-electron chi connectivity index (χ3n) is 3.69. The number of aliphatic hydroxyl groups is 1. The number of esters is 1. The lowest BCUT2D eigenvalue weighted by Crippen LogP contribution is -2.40. The standard InChI is InChI=1S/C20H29NO9/c1-21(2,3)9-10-28-20(18(24)25)30-13-16(23)12-29-19(26)17(27-4)11-14-5-7-15(22)8-6-14/h5-8,11,16,20,23H,9-10,12-13H2,1-4H3,(H-,22,24,25,26)/p+1. The van der Waals surface area contributed by atoms with Crippen LogP contribution in [0.1, 0.15) is 5.56 Å². The number of methoxy groups -OCH3 is 1. The summed E-state index contributed by atoms with van der Waals surface area (Å²) < 4.78 is 20.8. The van der Waals surface area contributed by atoms with Crippen molar-refractivity contribution in [2.45, 2.75) is 12.4 Å². The zero-order valence-electron chi connectivity index (χ0n) is 17.6. The van der Waals surface area contributed by atoms with Gasteiger partial charge < -0.3 is 38.8 Å². The van der Waals surface area contributed by atoms with Crippen molar-refractivity contribution in [3.8, 4) is 5.75 Å². The predicted molar refractivity (Wildman–Crippen MR) is 106 cm³/mol. The molecule has 168 valence electrons. The molecule has 2 atom stereocenters. The van der Waals surface area contributed by atoms with Crippen molar-refractivity contribution in [1.29, 1.82) is 0 Å². The first kappa shape index (κ1) is 25.4. The van der Waals surface area contributed by atoms with E-state index in [0.717, 1.165) is 0 Å². The number of rotatable bonds is 13. The van der Waals surface area contributed by atoms with Crippen LogP contribution in [-0.4, -0.2) is 98.8 Å². The average Bonchev–Trinajstić information content (AvgIpc) is 2.67. The number of carbonyl (C=O) groups excluding carboxylic acids is 1. The molecule has 0 aromatic heterocycles. The first-order chi connectivity index (χ1) is 14.0. The molecule has 0 spiro atoms. The van der Waals surface area contributed by atoms with Gasteiger partial charge in [0.05, 0.1) is 41.5 Å². The van der Waals surface area contributed by atoms with Gasteiger partial charge in [-0.05, 0) is 23.8 Å². The quantitative estimate of drug-likeness (QED) is 0.135. The molecular weight excluding hydrogens is 398 g/mol. The van der Waals surface area contributed by atoms with Gasteiger partial charge in [-0.15, -0.1) is 0 Å². The summed E-state index contributed by atoms with van der Waals surface area (Å²) in [6.07, 6.45) is -1.39. The van der Waals surface area contributed by atoms with Gasteiger partial charge in [-0.3, -0.25) is 0 Å². The molecule has 0 fully saturated rings. The number of ether oxygens (including phenoxy) is 4. The van der Waals surface area contributed by atoms with Crippen LogP contribution in [0.5, 0.6) is 5.75 Å². The summed E-state index contributed by atoms with van der Waals surface area (Å²) in [6.45, 7) is -0.107. The average molecular weight is 428 g/mol. The molecule has 30 heavy (non-hydrogen) atoms. The number of phenols is 1. The largest absolute Gasteiger partial charge is 0.508 e. The van der Waals surface area contributed by atoms with Gasteiger partial charge in [0.15, 0.2) is 0 Å². The highest BCUT2D eigenvalue weighted by atomic mass is 16.7. The molecule has 10 nitrogen and oxygen atoms in total. The zero-order valence-corrected chi connectivity index (χ0v) is 17.6. The molecule has 0 aliphatic carbocycles. The van der Waals surface area contributed by atoms with E-state index in [4.69, 9.17) is 24.1 Å². The Hall–Kier alpha value is -2.66. The molecule has 1 rings (SSSR count). The maximum absolute atomic E-state index is 12.1. The molecule has 0 aliphatic heterocycles. The topological polar surface area (TPSA) is 132 Å². The van der Waals surface area contributed by atoms with E-state index >= 15 is 0 Å². The minimum absolute atomic E-state index is 0.0814. The van der Waals surface area contributed by atoms with Gasteiger partial charge in [-0.25, -0.2) is 9.59 Å². The van der Waals surface area contributed by atoms with Crippen LogP contribution in [0.3, 0.4) is 0 Å². The molecule has 1 aromatic rings. The number of carboxylic acid groups (broad SMARTS) is 1. The number of nitrogens with zero attached hydrogens (tertiary/aromatic N) is 1. The monoisotopic (exact) mass is 428 g/mol. The van der Waals surface area contributed by atoms with Crippen LogP contribution in [0.25, 0.3) is 6.08 Å². The maximum atomic E-state index is 12.1. The highest BCUT2D eigenvalue weighted by molar-refractivity contribution is 5.91. The van der Waals surface area contributed by atoms with Gasteiger partial charge in [0.2, 0.25) is 5.76 Å². The van der Waals surface area contributed by atoms with E-state index in [-0.39, 0.29) is 18.1 Å². The third-order valence-corrected chi connectivity index (χ3v) is 3.69. The van der Waals surface area contributed by atoms with Crippen molar-refractivity contribution < 1.29 is 48.3 Å². The lowest BCUT2D eigenvalue weighted by molar-refractivity contribution is -0.870. The first-order valence-corrected chi connectivity index (χ1v) is 9.18. The number of hydrogen-bond acceptors (Lipinski definition) is 8. The predicted octanol–water partition coefficient (Wildman–Crippen LogP) is 0.434. The van der Waals surface area contributed by atoms with Crippen LogP contribution in [0.2, 0.25) is 0 Å². The number of carbonyl (C=O) groups is 2. The van der Waals surface area contributed by atoms with Gasteiger partial charge in [-0.2, -0.15) is 0 Å². The summed E-state index contributed by atoms with van der Waals surface area (Å²) in [7, 11) is 7.09. The van der Waals surface area contributed by atoms with E-state index in [1.54, 1.807) is 12.1 Å². The number of carboxylic acids is 1. The van der Waals surface area contributed by atoms with Gasteiger partial charge in [0.25, 0.3) is 6.29 Å². The van der Waals surface area contributed by atoms with Crippen molar-refractivity contribution in [2.75, 3.05) is 54.6 Å². The molecule has 0 heterocycles. The Balaban J connectivity index is 2.49. The fraction of sp³-hybridized carbons (Fsp3) is 0.500. The number of quaternary nitrogens is 1. The summed E-state index contributed by atoms with van der Waals surface area (Å²) >= 11 is 0. The van der Waals surface area contributed by atoms with E-state index in [9.17, 15) is 19.8 Å². The summed E-state index contributed by atoms with van der Waals surface area (Å²) in [6, 6.07) is 6.06. The number of likely N-dealkylation sites (N-methyl/N-ethyl adjacent to an activating group) is 1. The highest BCUT2D eigenvalue weighted by Gasteiger charge is 2.22. The first-order valence-electron chi connectivity index (χ1n) is 9.18. The summed E-state index contributed by atoms with van der Waals surface area (Å²) in [5, 5.41) is 28.3. The second-order valence-corrected chi connectivity index (χ2v) is 7.44. The molecule has 2 unspecified atom stereocenters. The van der Waals surface area contributed by atoms with Crippen LogP contribution < -0.4 is 0 Å². The normalized spacial score (nSPS) is 14.1. The van der Waals surface area contributed by atoms with Crippen molar-refractivity contribution in [2.24, 2.45) is 0 Å². The fourth-order valence-corrected chi connectivity index (χ4v) is 2.04.